The van der Waals surface area contributed by atoms with Crippen LogP contribution in [-0.4, -0.2) is 26.9 Å². The molecule has 1 N–H and O–H groups in total. The van der Waals surface area contributed by atoms with E-state index < -0.39 is 0 Å². The van der Waals surface area contributed by atoms with Crippen LogP contribution in [0.15, 0.2) is 67.0 Å². The standard InChI is InChI=1S/C22H20N4O2/c1-3-28-22-17(12-7-13-23-22)21(27)25-20-18(16-10-5-4-6-11-16)24-19-15(2)9-8-14-26(19)20/h4-14H,3H2,1-2H3,(H,25,27). The number of pyridine rings is 2. The summed E-state index contributed by atoms with van der Waals surface area (Å²) < 4.78 is 7.40. The summed E-state index contributed by atoms with van der Waals surface area (Å²) in [5, 5.41) is 3.02. The van der Waals surface area contributed by atoms with E-state index in [9.17, 15) is 4.79 Å². The number of ether oxygens (including phenoxy) is 1. The number of aromatic nitrogens is 3. The molecule has 4 aromatic rings. The summed E-state index contributed by atoms with van der Waals surface area (Å²) in [6, 6.07) is 17.1. The summed E-state index contributed by atoms with van der Waals surface area (Å²) >= 11 is 0. The normalized spacial score (nSPS) is 10.8. The van der Waals surface area contributed by atoms with Gasteiger partial charge in [0.2, 0.25) is 5.88 Å². The van der Waals surface area contributed by atoms with Crippen LogP contribution in [0.1, 0.15) is 22.8 Å². The van der Waals surface area contributed by atoms with E-state index in [1.165, 1.54) is 0 Å². The number of anilines is 1. The van der Waals surface area contributed by atoms with E-state index in [2.05, 4.69) is 10.3 Å². The van der Waals surface area contributed by atoms with Crippen LogP contribution in [-0.2, 0) is 0 Å². The van der Waals surface area contributed by atoms with Gasteiger partial charge in [-0.2, -0.15) is 0 Å². The number of nitrogens with zero attached hydrogens (tertiary/aromatic N) is 3. The second kappa shape index (κ2) is 7.52. The fraction of sp³-hybridized carbons (Fsp3) is 0.136. The second-order valence-corrected chi connectivity index (χ2v) is 6.30. The zero-order valence-corrected chi connectivity index (χ0v) is 15.7. The molecule has 0 radical (unpaired) electrons. The fourth-order valence-corrected chi connectivity index (χ4v) is 3.11. The van der Waals surface area contributed by atoms with Crippen LogP contribution in [0.2, 0.25) is 0 Å². The molecule has 0 spiro atoms. The lowest BCUT2D eigenvalue weighted by Gasteiger charge is -2.11. The quantitative estimate of drug-likeness (QED) is 0.565. The molecule has 0 saturated carbocycles. The van der Waals surface area contributed by atoms with Gasteiger partial charge < -0.3 is 10.1 Å². The van der Waals surface area contributed by atoms with Crippen LogP contribution in [0.25, 0.3) is 16.9 Å². The highest BCUT2D eigenvalue weighted by Gasteiger charge is 2.20. The average Bonchev–Trinajstić information content (AvgIpc) is 3.09. The van der Waals surface area contributed by atoms with Gasteiger partial charge in [-0.1, -0.05) is 36.4 Å². The molecule has 6 heteroatoms. The molecule has 3 aromatic heterocycles. The number of hydrogen-bond donors (Lipinski definition) is 1. The highest BCUT2D eigenvalue weighted by Crippen LogP contribution is 2.30. The first kappa shape index (κ1) is 17.7. The van der Waals surface area contributed by atoms with Crippen molar-refractivity contribution in [3.63, 3.8) is 0 Å². The Morgan fingerprint density at radius 1 is 1.11 bits per heavy atom. The van der Waals surface area contributed by atoms with Gasteiger partial charge in [-0.15, -0.1) is 0 Å². The maximum Gasteiger partial charge on any atom is 0.262 e. The van der Waals surface area contributed by atoms with Gasteiger partial charge in [0.05, 0.1) is 6.61 Å². The van der Waals surface area contributed by atoms with Crippen LogP contribution in [0.3, 0.4) is 0 Å². The van der Waals surface area contributed by atoms with E-state index in [4.69, 9.17) is 9.72 Å². The van der Waals surface area contributed by atoms with Gasteiger partial charge in [0.1, 0.15) is 22.7 Å². The summed E-state index contributed by atoms with van der Waals surface area (Å²) in [5.74, 6) is 0.631. The van der Waals surface area contributed by atoms with Crippen LogP contribution in [0, 0.1) is 6.92 Å². The van der Waals surface area contributed by atoms with Crippen LogP contribution in [0.4, 0.5) is 5.82 Å². The van der Waals surface area contributed by atoms with Crippen molar-refractivity contribution in [2.45, 2.75) is 13.8 Å². The Kier molecular flexibility index (Phi) is 4.76. The molecule has 3 heterocycles. The van der Waals surface area contributed by atoms with Crippen LogP contribution < -0.4 is 10.1 Å². The average molecular weight is 372 g/mol. The molecule has 140 valence electrons. The van der Waals surface area contributed by atoms with Gasteiger partial charge in [0, 0.05) is 18.0 Å². The number of hydrogen-bond acceptors (Lipinski definition) is 4. The molecular weight excluding hydrogens is 352 g/mol. The number of benzene rings is 1. The van der Waals surface area contributed by atoms with Gasteiger partial charge in [-0.05, 0) is 37.6 Å². The SMILES string of the molecule is CCOc1ncccc1C(=O)Nc1c(-c2ccccc2)nc2c(C)cccn12. The summed E-state index contributed by atoms with van der Waals surface area (Å²) in [4.78, 5) is 22.0. The summed E-state index contributed by atoms with van der Waals surface area (Å²) in [6.07, 6.45) is 3.50. The third-order valence-electron chi connectivity index (χ3n) is 4.42. The molecule has 1 amide bonds. The monoisotopic (exact) mass is 372 g/mol. The molecular formula is C22H20N4O2. The zero-order valence-electron chi connectivity index (χ0n) is 15.7. The molecule has 28 heavy (non-hydrogen) atoms. The molecule has 6 nitrogen and oxygen atoms in total. The van der Waals surface area contributed by atoms with E-state index in [-0.39, 0.29) is 5.91 Å². The van der Waals surface area contributed by atoms with Crippen molar-refractivity contribution in [2.75, 3.05) is 11.9 Å². The van der Waals surface area contributed by atoms with Crippen molar-refractivity contribution in [3.8, 4) is 17.1 Å². The number of carbonyl (C=O) groups is 1. The Balaban J connectivity index is 1.82. The second-order valence-electron chi connectivity index (χ2n) is 6.30. The van der Waals surface area contributed by atoms with Crippen molar-refractivity contribution in [1.29, 1.82) is 0 Å². The van der Waals surface area contributed by atoms with Gasteiger partial charge in [0.25, 0.3) is 5.91 Å². The number of amides is 1. The van der Waals surface area contributed by atoms with E-state index in [0.29, 0.717) is 29.6 Å². The topological polar surface area (TPSA) is 68.5 Å². The third kappa shape index (κ3) is 3.20. The summed E-state index contributed by atoms with van der Waals surface area (Å²) in [6.45, 7) is 4.29. The Morgan fingerprint density at radius 2 is 1.93 bits per heavy atom. The van der Waals surface area contributed by atoms with Gasteiger partial charge in [-0.3, -0.25) is 9.20 Å². The first-order valence-corrected chi connectivity index (χ1v) is 9.11. The predicted octanol–water partition coefficient (Wildman–Crippen LogP) is 4.36. The molecule has 0 fully saturated rings. The molecule has 0 bridgehead atoms. The fourth-order valence-electron chi connectivity index (χ4n) is 3.11. The number of imidazole rings is 1. The number of aryl methyl sites for hydroxylation is 1. The van der Waals surface area contributed by atoms with E-state index in [0.717, 1.165) is 16.8 Å². The number of carbonyl (C=O) groups excluding carboxylic acids is 1. The Labute approximate surface area is 162 Å². The molecule has 0 aliphatic rings. The molecule has 0 aliphatic heterocycles. The predicted molar refractivity (Wildman–Crippen MR) is 109 cm³/mol. The van der Waals surface area contributed by atoms with Crippen LogP contribution in [0.5, 0.6) is 5.88 Å². The number of nitrogens with one attached hydrogen (secondary N) is 1. The summed E-state index contributed by atoms with van der Waals surface area (Å²) in [5.41, 5.74) is 3.85. The molecule has 0 unspecified atom stereocenters. The smallest absolute Gasteiger partial charge is 0.262 e. The lowest BCUT2D eigenvalue weighted by molar-refractivity contribution is 0.102. The maximum atomic E-state index is 13.0. The minimum atomic E-state index is -0.294. The minimum Gasteiger partial charge on any atom is -0.477 e. The van der Waals surface area contributed by atoms with Crippen molar-refractivity contribution < 1.29 is 9.53 Å². The summed E-state index contributed by atoms with van der Waals surface area (Å²) in [7, 11) is 0. The van der Waals surface area contributed by atoms with Gasteiger partial charge in [0.15, 0.2) is 0 Å². The Hall–Kier alpha value is -3.67. The molecule has 0 saturated heterocycles. The van der Waals surface area contributed by atoms with Crippen molar-refractivity contribution in [2.24, 2.45) is 0 Å². The van der Waals surface area contributed by atoms with Crippen molar-refractivity contribution in [3.05, 3.63) is 78.1 Å². The third-order valence-corrected chi connectivity index (χ3v) is 4.42. The van der Waals surface area contributed by atoms with Gasteiger partial charge >= 0.3 is 0 Å². The maximum absolute atomic E-state index is 13.0. The highest BCUT2D eigenvalue weighted by atomic mass is 16.5. The van der Waals surface area contributed by atoms with E-state index >= 15 is 0 Å². The molecule has 0 atom stereocenters. The minimum absolute atomic E-state index is 0.294. The first-order valence-electron chi connectivity index (χ1n) is 9.11. The highest BCUT2D eigenvalue weighted by molar-refractivity contribution is 6.07. The van der Waals surface area contributed by atoms with Crippen molar-refractivity contribution >= 4 is 17.4 Å². The molecule has 4 rings (SSSR count). The lowest BCUT2D eigenvalue weighted by atomic mass is 10.1. The van der Waals surface area contributed by atoms with Gasteiger partial charge in [-0.25, -0.2) is 9.97 Å². The Bertz CT molecular complexity index is 1140. The largest absolute Gasteiger partial charge is 0.477 e. The van der Waals surface area contributed by atoms with Crippen molar-refractivity contribution in [1.82, 2.24) is 14.4 Å². The lowest BCUT2D eigenvalue weighted by Crippen LogP contribution is -2.16. The van der Waals surface area contributed by atoms with E-state index in [1.807, 2.05) is 66.9 Å². The Morgan fingerprint density at radius 3 is 2.71 bits per heavy atom. The number of fused-ring (bicyclic) bond motifs is 1. The van der Waals surface area contributed by atoms with Crippen LogP contribution >= 0.6 is 0 Å². The zero-order chi connectivity index (χ0) is 19.5. The molecule has 1 aromatic carbocycles. The first-order chi connectivity index (χ1) is 13.7. The number of rotatable bonds is 5. The molecule has 0 aliphatic carbocycles. The van der Waals surface area contributed by atoms with E-state index in [1.54, 1.807) is 18.3 Å².